The van der Waals surface area contributed by atoms with E-state index in [1.54, 1.807) is 0 Å². The topological polar surface area (TPSA) is 65.1 Å². The normalized spacial score (nSPS) is 23.3. The fourth-order valence-corrected chi connectivity index (χ4v) is 6.65. The van der Waals surface area contributed by atoms with E-state index in [-0.39, 0.29) is 23.5 Å². The average molecular weight is 517 g/mol. The maximum absolute atomic E-state index is 13.2. The van der Waals surface area contributed by atoms with E-state index in [4.69, 9.17) is 4.74 Å². The predicted octanol–water partition coefficient (Wildman–Crippen LogP) is 4.71. The number of benzene rings is 2. The van der Waals surface area contributed by atoms with Gasteiger partial charge in [0, 0.05) is 45.2 Å². The molecular formula is C31H40N4O3. The number of hydrazine groups is 1. The summed E-state index contributed by atoms with van der Waals surface area (Å²) < 4.78 is 5.33. The van der Waals surface area contributed by atoms with Gasteiger partial charge in [0.25, 0.3) is 11.8 Å². The number of carbonyl (C=O) groups is 2. The van der Waals surface area contributed by atoms with Crippen LogP contribution in [-0.4, -0.2) is 67.6 Å². The van der Waals surface area contributed by atoms with Crippen LogP contribution < -0.4 is 10.4 Å². The Morgan fingerprint density at radius 2 is 1.45 bits per heavy atom. The average Bonchev–Trinajstić information content (AvgIpc) is 3.25. The Kier molecular flexibility index (Phi) is 7.14. The molecule has 1 unspecified atom stereocenters. The molecule has 0 radical (unpaired) electrons. The van der Waals surface area contributed by atoms with E-state index >= 15 is 0 Å². The zero-order valence-corrected chi connectivity index (χ0v) is 22.6. The van der Waals surface area contributed by atoms with Gasteiger partial charge < -0.3 is 19.5 Å². The molecule has 0 aromatic heterocycles. The van der Waals surface area contributed by atoms with Crippen LogP contribution >= 0.6 is 0 Å². The van der Waals surface area contributed by atoms with Gasteiger partial charge in [0.05, 0.1) is 17.8 Å². The zero-order chi connectivity index (χ0) is 26.1. The lowest BCUT2D eigenvalue weighted by Gasteiger charge is -2.38. The second-order valence-electron chi connectivity index (χ2n) is 11.4. The molecule has 2 amide bonds. The number of nitrogens with one attached hydrogen (secondary N) is 1. The molecule has 2 saturated heterocycles. The van der Waals surface area contributed by atoms with Gasteiger partial charge in [-0.15, -0.1) is 0 Å². The quantitative estimate of drug-likeness (QED) is 0.640. The molecule has 4 aliphatic rings. The van der Waals surface area contributed by atoms with Crippen LogP contribution in [0.2, 0.25) is 0 Å². The first-order valence-electron chi connectivity index (χ1n) is 14.5. The van der Waals surface area contributed by atoms with E-state index in [1.165, 1.54) is 68.2 Å². The molecule has 2 aromatic rings. The number of hydrogen-bond donors (Lipinski definition) is 1. The summed E-state index contributed by atoms with van der Waals surface area (Å²) in [6.45, 7) is 2.93. The lowest BCUT2D eigenvalue weighted by molar-refractivity contribution is -0.157. The van der Waals surface area contributed by atoms with Crippen molar-refractivity contribution in [3.63, 3.8) is 0 Å². The highest BCUT2D eigenvalue weighted by Gasteiger charge is 2.40. The van der Waals surface area contributed by atoms with Crippen LogP contribution in [0.1, 0.15) is 73.7 Å². The Labute approximate surface area is 226 Å². The summed E-state index contributed by atoms with van der Waals surface area (Å²) >= 11 is 0. The number of ether oxygens (including phenoxy) is 1. The van der Waals surface area contributed by atoms with Gasteiger partial charge in [-0.2, -0.15) is 0 Å². The van der Waals surface area contributed by atoms with Crippen molar-refractivity contribution in [3.8, 4) is 11.1 Å². The van der Waals surface area contributed by atoms with Gasteiger partial charge in [0.2, 0.25) is 0 Å². The molecule has 3 heterocycles. The number of piperazine rings is 1. The van der Waals surface area contributed by atoms with Crippen LogP contribution in [0.5, 0.6) is 0 Å². The third kappa shape index (κ3) is 4.82. The third-order valence-electron chi connectivity index (χ3n) is 9.03. The van der Waals surface area contributed by atoms with Gasteiger partial charge in [-0.05, 0) is 47.7 Å². The fraction of sp³-hybridized carbons (Fsp3) is 0.548. The van der Waals surface area contributed by atoms with E-state index in [1.807, 2.05) is 21.9 Å². The molecule has 1 saturated carbocycles. The molecule has 6 rings (SSSR count). The van der Waals surface area contributed by atoms with Crippen LogP contribution in [0, 0.1) is 0 Å². The van der Waals surface area contributed by atoms with Crippen LogP contribution in [-0.2, 0) is 15.1 Å². The number of carbonyl (C=O) groups excluding carboxylic acids is 2. The second kappa shape index (κ2) is 10.7. The van der Waals surface area contributed by atoms with Gasteiger partial charge in [0.1, 0.15) is 6.10 Å². The number of hydrogen-bond acceptors (Lipinski definition) is 5. The van der Waals surface area contributed by atoms with Gasteiger partial charge in [-0.3, -0.25) is 9.59 Å². The predicted molar refractivity (Wildman–Crippen MR) is 149 cm³/mol. The minimum Gasteiger partial charge on any atom is -0.368 e. The van der Waals surface area contributed by atoms with Gasteiger partial charge in [-0.1, -0.05) is 62.8 Å². The Bertz CT molecular complexity index is 1160. The number of rotatable bonds is 3. The molecule has 3 fully saturated rings. The maximum atomic E-state index is 13.2. The highest BCUT2D eigenvalue weighted by Crippen LogP contribution is 2.45. The van der Waals surface area contributed by atoms with Crippen molar-refractivity contribution in [1.82, 2.24) is 15.2 Å². The molecule has 1 N–H and O–H groups in total. The third-order valence-corrected chi connectivity index (χ3v) is 9.03. The van der Waals surface area contributed by atoms with Crippen LogP contribution in [0.15, 0.2) is 42.5 Å². The number of fused-ring (bicyclic) bond motifs is 2. The second-order valence-corrected chi connectivity index (χ2v) is 11.4. The standard InChI is InChI=1S/C31H40N4O3/c1-33-27-22-25(12-13-26(27)31(32-33)15-6-4-2-3-5-7-16-31)23-8-10-24(11-9-23)29(36)34-17-19-35(20-18-34)30(37)28-14-21-38-28/h8-13,22,28,32H,2-7,14-21H2,1H3. The minimum absolute atomic E-state index is 0.0311. The molecule has 1 aliphatic carbocycles. The smallest absolute Gasteiger partial charge is 0.253 e. The summed E-state index contributed by atoms with van der Waals surface area (Å²) in [5.41, 5.74) is 9.57. The largest absolute Gasteiger partial charge is 0.368 e. The summed E-state index contributed by atoms with van der Waals surface area (Å²) in [5, 5.41) is 2.22. The maximum Gasteiger partial charge on any atom is 0.253 e. The van der Waals surface area contributed by atoms with Gasteiger partial charge in [-0.25, -0.2) is 5.43 Å². The molecule has 7 nitrogen and oxygen atoms in total. The molecular weight excluding hydrogens is 476 g/mol. The van der Waals surface area contributed by atoms with E-state index in [0.29, 0.717) is 38.3 Å². The molecule has 202 valence electrons. The minimum atomic E-state index is -0.272. The molecule has 1 atom stereocenters. The Balaban J connectivity index is 1.13. The lowest BCUT2D eigenvalue weighted by atomic mass is 9.81. The summed E-state index contributed by atoms with van der Waals surface area (Å²) in [7, 11) is 2.14. The van der Waals surface area contributed by atoms with Crippen LogP contribution in [0.3, 0.4) is 0 Å². The first-order chi connectivity index (χ1) is 18.5. The van der Waals surface area contributed by atoms with Crippen molar-refractivity contribution in [3.05, 3.63) is 53.6 Å². The monoisotopic (exact) mass is 516 g/mol. The van der Waals surface area contributed by atoms with Crippen LogP contribution in [0.25, 0.3) is 11.1 Å². The van der Waals surface area contributed by atoms with Crippen molar-refractivity contribution in [2.45, 2.75) is 69.4 Å². The highest BCUT2D eigenvalue weighted by molar-refractivity contribution is 5.95. The first kappa shape index (κ1) is 25.4. The molecule has 38 heavy (non-hydrogen) atoms. The molecule has 7 heteroatoms. The Hall–Kier alpha value is -2.90. The van der Waals surface area contributed by atoms with Gasteiger partial charge >= 0.3 is 0 Å². The number of amides is 2. The first-order valence-corrected chi connectivity index (χ1v) is 14.5. The summed E-state index contributed by atoms with van der Waals surface area (Å²) in [4.78, 5) is 29.3. The van der Waals surface area contributed by atoms with E-state index in [0.717, 1.165) is 12.0 Å². The van der Waals surface area contributed by atoms with Crippen molar-refractivity contribution >= 4 is 17.5 Å². The SMILES string of the molecule is CN1NC2(CCCCCCCC2)c2ccc(-c3ccc(C(=O)N4CCN(C(=O)C5CCO5)CC4)cc3)cc21. The van der Waals surface area contributed by atoms with Crippen molar-refractivity contribution in [2.24, 2.45) is 0 Å². The van der Waals surface area contributed by atoms with Gasteiger partial charge in [0.15, 0.2) is 0 Å². The molecule has 0 bridgehead atoms. The summed E-state index contributed by atoms with van der Waals surface area (Å²) in [6, 6.07) is 14.9. The van der Waals surface area contributed by atoms with E-state index < -0.39 is 0 Å². The Morgan fingerprint density at radius 3 is 2.08 bits per heavy atom. The van der Waals surface area contributed by atoms with Crippen molar-refractivity contribution < 1.29 is 14.3 Å². The molecule has 3 aliphatic heterocycles. The summed E-state index contributed by atoms with van der Waals surface area (Å²) in [6.07, 6.45) is 10.9. The van der Waals surface area contributed by atoms with Crippen molar-refractivity contribution in [2.75, 3.05) is 44.8 Å². The summed E-state index contributed by atoms with van der Waals surface area (Å²) in [5.74, 6) is 0.0995. The highest BCUT2D eigenvalue weighted by atomic mass is 16.5. The van der Waals surface area contributed by atoms with E-state index in [9.17, 15) is 9.59 Å². The molecule has 1 spiro atoms. The zero-order valence-electron chi connectivity index (χ0n) is 22.6. The number of anilines is 1. The number of nitrogens with zero attached hydrogens (tertiary/aromatic N) is 3. The Morgan fingerprint density at radius 1 is 0.842 bits per heavy atom. The van der Waals surface area contributed by atoms with Crippen LogP contribution in [0.4, 0.5) is 5.69 Å². The fourth-order valence-electron chi connectivity index (χ4n) is 6.65. The lowest BCUT2D eigenvalue weighted by Crippen LogP contribution is -2.54. The van der Waals surface area contributed by atoms with E-state index in [2.05, 4.69) is 47.8 Å². The molecule has 2 aromatic carbocycles. The van der Waals surface area contributed by atoms with Crippen molar-refractivity contribution in [1.29, 1.82) is 0 Å².